The van der Waals surface area contributed by atoms with Crippen molar-refractivity contribution in [1.29, 1.82) is 0 Å². The summed E-state index contributed by atoms with van der Waals surface area (Å²) in [6, 6.07) is 11.8. The fourth-order valence-electron chi connectivity index (χ4n) is 2.83. The molecular weight excluding hydrogens is 328 g/mol. The van der Waals surface area contributed by atoms with Crippen molar-refractivity contribution in [3.63, 3.8) is 0 Å². The number of hydrogen-bond acceptors (Lipinski definition) is 3. The summed E-state index contributed by atoms with van der Waals surface area (Å²) in [6.45, 7) is 2.69. The highest BCUT2D eigenvalue weighted by Gasteiger charge is 2.23. The predicted molar refractivity (Wildman–Crippen MR) is 102 cm³/mol. The third-order valence-corrected chi connectivity index (χ3v) is 4.46. The molecule has 0 atom stereocenters. The van der Waals surface area contributed by atoms with Gasteiger partial charge in [0.05, 0.1) is 5.56 Å². The molecule has 0 radical (unpaired) electrons. The second kappa shape index (κ2) is 8.70. The average Bonchev–Trinajstić information content (AvgIpc) is 3.46. The van der Waals surface area contributed by atoms with Gasteiger partial charge in [-0.2, -0.15) is 0 Å². The van der Waals surface area contributed by atoms with E-state index in [9.17, 15) is 9.59 Å². The maximum atomic E-state index is 12.6. The Morgan fingerprint density at radius 1 is 1.12 bits per heavy atom. The number of amides is 2. The van der Waals surface area contributed by atoms with Crippen molar-refractivity contribution in [2.24, 2.45) is 0 Å². The molecule has 0 bridgehead atoms. The van der Waals surface area contributed by atoms with E-state index in [2.05, 4.69) is 17.6 Å². The molecule has 26 heavy (non-hydrogen) atoms. The third kappa shape index (κ3) is 4.97. The van der Waals surface area contributed by atoms with Crippen molar-refractivity contribution in [2.45, 2.75) is 45.1 Å². The Hall–Kier alpha value is -2.56. The van der Waals surface area contributed by atoms with Crippen LogP contribution in [0.15, 0.2) is 36.4 Å². The van der Waals surface area contributed by atoms with Gasteiger partial charge in [0, 0.05) is 12.6 Å². The minimum Gasteiger partial charge on any atom is -0.483 e. The van der Waals surface area contributed by atoms with E-state index in [0.717, 1.165) is 42.9 Å². The fourth-order valence-corrected chi connectivity index (χ4v) is 2.83. The van der Waals surface area contributed by atoms with Gasteiger partial charge in [-0.1, -0.05) is 44.0 Å². The van der Waals surface area contributed by atoms with Crippen molar-refractivity contribution in [1.82, 2.24) is 10.6 Å². The lowest BCUT2D eigenvalue weighted by atomic mass is 10.1. The summed E-state index contributed by atoms with van der Waals surface area (Å²) >= 11 is 0. The molecular formula is C21H26N2O3. The number of fused-ring (bicyclic) bond motifs is 1. The summed E-state index contributed by atoms with van der Waals surface area (Å²) in [7, 11) is 0. The zero-order valence-electron chi connectivity index (χ0n) is 15.2. The molecule has 0 heterocycles. The van der Waals surface area contributed by atoms with Crippen molar-refractivity contribution >= 4 is 22.6 Å². The quantitative estimate of drug-likeness (QED) is 0.678. The molecule has 138 valence electrons. The normalized spacial score (nSPS) is 13.4. The summed E-state index contributed by atoms with van der Waals surface area (Å²) in [5.74, 6) is 0.141. The van der Waals surface area contributed by atoms with Crippen molar-refractivity contribution in [2.75, 3.05) is 13.2 Å². The van der Waals surface area contributed by atoms with Gasteiger partial charge >= 0.3 is 0 Å². The van der Waals surface area contributed by atoms with Crippen molar-refractivity contribution in [3.8, 4) is 5.75 Å². The van der Waals surface area contributed by atoms with Gasteiger partial charge in [0.1, 0.15) is 5.75 Å². The zero-order valence-corrected chi connectivity index (χ0v) is 15.2. The number of benzene rings is 2. The molecule has 2 amide bonds. The summed E-state index contributed by atoms with van der Waals surface area (Å²) in [6.07, 6.45) is 5.22. The molecule has 0 aliphatic heterocycles. The van der Waals surface area contributed by atoms with Crippen LogP contribution in [0.5, 0.6) is 5.75 Å². The number of carbonyl (C=O) groups is 2. The first-order valence-electron chi connectivity index (χ1n) is 9.40. The van der Waals surface area contributed by atoms with E-state index in [1.165, 1.54) is 0 Å². The van der Waals surface area contributed by atoms with Crippen LogP contribution in [0.3, 0.4) is 0 Å². The predicted octanol–water partition coefficient (Wildman–Crippen LogP) is 3.42. The lowest BCUT2D eigenvalue weighted by molar-refractivity contribution is -0.123. The zero-order chi connectivity index (χ0) is 18.4. The molecule has 5 heteroatoms. The van der Waals surface area contributed by atoms with Gasteiger partial charge < -0.3 is 15.4 Å². The lowest BCUT2D eigenvalue weighted by Crippen LogP contribution is -2.31. The molecule has 2 aromatic rings. The van der Waals surface area contributed by atoms with Crippen LogP contribution < -0.4 is 15.4 Å². The molecule has 1 saturated carbocycles. The highest BCUT2D eigenvalue weighted by Crippen LogP contribution is 2.26. The molecule has 5 nitrogen and oxygen atoms in total. The first-order valence-corrected chi connectivity index (χ1v) is 9.40. The van der Waals surface area contributed by atoms with E-state index >= 15 is 0 Å². The van der Waals surface area contributed by atoms with Crippen LogP contribution in [0.25, 0.3) is 10.8 Å². The molecule has 0 saturated heterocycles. The van der Waals surface area contributed by atoms with Gasteiger partial charge in [0.2, 0.25) is 0 Å². The van der Waals surface area contributed by atoms with E-state index in [4.69, 9.17) is 4.74 Å². The molecule has 0 aromatic heterocycles. The molecule has 3 rings (SSSR count). The van der Waals surface area contributed by atoms with E-state index in [-0.39, 0.29) is 18.4 Å². The number of rotatable bonds is 9. The Bertz CT molecular complexity index is 784. The monoisotopic (exact) mass is 354 g/mol. The van der Waals surface area contributed by atoms with E-state index in [0.29, 0.717) is 23.9 Å². The Morgan fingerprint density at radius 2 is 1.85 bits per heavy atom. The highest BCUT2D eigenvalue weighted by atomic mass is 16.5. The highest BCUT2D eigenvalue weighted by molar-refractivity contribution is 6.01. The van der Waals surface area contributed by atoms with Crippen LogP contribution in [-0.4, -0.2) is 31.0 Å². The van der Waals surface area contributed by atoms with Gasteiger partial charge in [0.15, 0.2) is 6.61 Å². The summed E-state index contributed by atoms with van der Waals surface area (Å²) in [5, 5.41) is 7.80. The molecule has 0 unspecified atom stereocenters. The molecule has 0 spiro atoms. The van der Waals surface area contributed by atoms with Gasteiger partial charge in [-0.15, -0.1) is 0 Å². The largest absolute Gasteiger partial charge is 0.483 e. The molecule has 1 aliphatic carbocycles. The second-order valence-corrected chi connectivity index (χ2v) is 6.79. The van der Waals surface area contributed by atoms with Crippen LogP contribution in [0.1, 0.15) is 49.4 Å². The maximum absolute atomic E-state index is 12.6. The van der Waals surface area contributed by atoms with Crippen LogP contribution in [0, 0.1) is 0 Å². The van der Waals surface area contributed by atoms with Crippen molar-refractivity contribution < 1.29 is 14.3 Å². The smallest absolute Gasteiger partial charge is 0.258 e. The minimum atomic E-state index is -0.163. The molecule has 2 aromatic carbocycles. The summed E-state index contributed by atoms with van der Waals surface area (Å²) < 4.78 is 5.71. The maximum Gasteiger partial charge on any atom is 0.258 e. The van der Waals surface area contributed by atoms with Gasteiger partial charge in [-0.25, -0.2) is 0 Å². The lowest BCUT2D eigenvalue weighted by Gasteiger charge is -2.13. The van der Waals surface area contributed by atoms with Gasteiger partial charge in [0.25, 0.3) is 11.8 Å². The van der Waals surface area contributed by atoms with Gasteiger partial charge in [-0.3, -0.25) is 9.59 Å². The first kappa shape index (κ1) is 18.2. The minimum absolute atomic E-state index is 0.0784. The van der Waals surface area contributed by atoms with E-state index < -0.39 is 0 Å². The van der Waals surface area contributed by atoms with E-state index in [1.54, 1.807) is 0 Å². The van der Waals surface area contributed by atoms with E-state index in [1.807, 2.05) is 36.4 Å². The number of nitrogens with one attached hydrogen (secondary N) is 2. The average molecular weight is 354 g/mol. The molecule has 1 fully saturated rings. The van der Waals surface area contributed by atoms with Gasteiger partial charge in [-0.05, 0) is 42.2 Å². The fraction of sp³-hybridized carbons (Fsp3) is 0.429. The number of carbonyl (C=O) groups excluding carboxylic acids is 2. The van der Waals surface area contributed by atoms with Crippen LogP contribution in [-0.2, 0) is 4.79 Å². The Morgan fingerprint density at radius 3 is 2.54 bits per heavy atom. The van der Waals surface area contributed by atoms with Crippen LogP contribution in [0.2, 0.25) is 0 Å². The molecule has 2 N–H and O–H groups in total. The van der Waals surface area contributed by atoms with Crippen molar-refractivity contribution in [3.05, 3.63) is 42.0 Å². The second-order valence-electron chi connectivity index (χ2n) is 6.79. The van der Waals surface area contributed by atoms with Crippen LogP contribution >= 0.6 is 0 Å². The summed E-state index contributed by atoms with van der Waals surface area (Å²) in [4.78, 5) is 24.5. The number of unbranched alkanes of at least 4 members (excludes halogenated alkanes) is 2. The SMILES string of the molecule is CCCCCNC(=O)c1cc2ccccc2cc1OCC(=O)NC1CC1. The third-order valence-electron chi connectivity index (χ3n) is 4.46. The number of ether oxygens (including phenoxy) is 1. The number of hydrogen-bond donors (Lipinski definition) is 2. The Balaban J connectivity index is 1.74. The molecule has 1 aliphatic rings. The topological polar surface area (TPSA) is 67.4 Å². The Kier molecular flexibility index (Phi) is 6.10. The Labute approximate surface area is 154 Å². The van der Waals surface area contributed by atoms with Crippen LogP contribution in [0.4, 0.5) is 0 Å². The summed E-state index contributed by atoms with van der Waals surface area (Å²) in [5.41, 5.74) is 0.472. The first-order chi connectivity index (χ1) is 12.7. The standard InChI is InChI=1S/C21H26N2O3/c1-2-3-6-11-22-21(25)18-12-15-7-4-5-8-16(15)13-19(18)26-14-20(24)23-17-9-10-17/h4-5,7-8,12-13,17H,2-3,6,9-11,14H2,1H3,(H,22,25)(H,23,24).